The van der Waals surface area contributed by atoms with Crippen LogP contribution in [0.5, 0.6) is 5.75 Å². The van der Waals surface area contributed by atoms with Crippen molar-refractivity contribution in [3.63, 3.8) is 0 Å². The number of para-hydroxylation sites is 1. The maximum atomic E-state index is 12.1. The molecule has 0 atom stereocenters. The highest BCUT2D eigenvalue weighted by atomic mass is 79.9. The lowest BCUT2D eigenvalue weighted by molar-refractivity contribution is -0.115. The quantitative estimate of drug-likeness (QED) is 0.857. The van der Waals surface area contributed by atoms with Gasteiger partial charge in [-0.25, -0.2) is 4.99 Å². The first-order chi connectivity index (χ1) is 10.7. The summed E-state index contributed by atoms with van der Waals surface area (Å²) in [5.74, 6) is 0.945. The molecule has 0 radical (unpaired) electrons. The summed E-state index contributed by atoms with van der Waals surface area (Å²) in [7, 11) is 1.59. The van der Waals surface area contributed by atoms with Crippen molar-refractivity contribution in [2.75, 3.05) is 7.11 Å². The second kappa shape index (κ2) is 6.15. The third-order valence-electron chi connectivity index (χ3n) is 3.26. The molecule has 1 N–H and O–H groups in total. The molecule has 0 fully saturated rings. The number of carbonyl (C=O) groups excluding carboxylic acids is 1. The molecule has 1 amide bonds. The van der Waals surface area contributed by atoms with Crippen LogP contribution in [0.3, 0.4) is 0 Å². The summed E-state index contributed by atoms with van der Waals surface area (Å²) in [6.45, 7) is 0. The molecule has 4 nitrogen and oxygen atoms in total. The molecule has 0 spiro atoms. The van der Waals surface area contributed by atoms with Gasteiger partial charge in [0, 0.05) is 4.47 Å². The number of nitrogens with zero attached hydrogens (tertiary/aromatic N) is 1. The molecule has 5 heteroatoms. The Bertz CT molecular complexity index is 797. The van der Waals surface area contributed by atoms with Crippen LogP contribution in [0.2, 0.25) is 0 Å². The van der Waals surface area contributed by atoms with E-state index in [-0.39, 0.29) is 5.91 Å². The standard InChI is InChI=1S/C17H13BrN2O2/c1-22-15-9-5-3-7-12(15)16-19-14(17(21)20-16)10-11-6-2-4-8-13(11)18/h2-10H,1H3,(H,19,20,21)/b14-10-. The monoisotopic (exact) mass is 356 g/mol. The summed E-state index contributed by atoms with van der Waals surface area (Å²) in [6.07, 6.45) is 1.75. The molecule has 0 saturated heterocycles. The van der Waals surface area contributed by atoms with Crippen LogP contribution in [0.4, 0.5) is 0 Å². The van der Waals surface area contributed by atoms with Crippen molar-refractivity contribution >= 4 is 33.7 Å². The van der Waals surface area contributed by atoms with Gasteiger partial charge in [-0.15, -0.1) is 0 Å². The molecule has 0 saturated carbocycles. The van der Waals surface area contributed by atoms with Gasteiger partial charge in [-0.05, 0) is 29.8 Å². The molecule has 110 valence electrons. The number of halogens is 1. The molecule has 0 aliphatic carbocycles. The smallest absolute Gasteiger partial charge is 0.275 e. The Kier molecular flexibility index (Phi) is 4.06. The first-order valence-electron chi connectivity index (χ1n) is 6.68. The lowest BCUT2D eigenvalue weighted by atomic mass is 10.2. The van der Waals surface area contributed by atoms with Gasteiger partial charge in [0.2, 0.25) is 0 Å². The number of nitrogens with one attached hydrogen (secondary N) is 1. The summed E-state index contributed by atoms with van der Waals surface area (Å²) in [4.78, 5) is 16.5. The van der Waals surface area contributed by atoms with E-state index in [9.17, 15) is 4.79 Å². The Morgan fingerprint density at radius 3 is 2.64 bits per heavy atom. The normalized spacial score (nSPS) is 15.6. The summed E-state index contributed by atoms with van der Waals surface area (Å²) in [5.41, 5.74) is 2.03. The van der Waals surface area contributed by atoms with Crippen molar-refractivity contribution in [3.8, 4) is 5.75 Å². The van der Waals surface area contributed by atoms with Crippen LogP contribution in [0, 0.1) is 0 Å². The van der Waals surface area contributed by atoms with Gasteiger partial charge in [0.15, 0.2) is 0 Å². The van der Waals surface area contributed by atoms with Crippen LogP contribution in [-0.4, -0.2) is 18.9 Å². The number of amidine groups is 1. The topological polar surface area (TPSA) is 50.7 Å². The summed E-state index contributed by atoms with van der Waals surface area (Å²) >= 11 is 3.46. The predicted octanol–water partition coefficient (Wildman–Crippen LogP) is 3.38. The van der Waals surface area contributed by atoms with E-state index in [1.165, 1.54) is 0 Å². The van der Waals surface area contributed by atoms with Crippen molar-refractivity contribution in [3.05, 3.63) is 69.8 Å². The van der Waals surface area contributed by atoms with Crippen LogP contribution in [0.15, 0.2) is 63.7 Å². The average molecular weight is 357 g/mol. The van der Waals surface area contributed by atoms with E-state index >= 15 is 0 Å². The van der Waals surface area contributed by atoms with Crippen LogP contribution in [0.25, 0.3) is 6.08 Å². The number of amides is 1. The van der Waals surface area contributed by atoms with Crippen LogP contribution < -0.4 is 10.1 Å². The predicted molar refractivity (Wildman–Crippen MR) is 89.8 cm³/mol. The van der Waals surface area contributed by atoms with Gasteiger partial charge >= 0.3 is 0 Å². The summed E-state index contributed by atoms with van der Waals surface area (Å²) < 4.78 is 6.22. The van der Waals surface area contributed by atoms with Crippen molar-refractivity contribution in [1.82, 2.24) is 5.32 Å². The Morgan fingerprint density at radius 2 is 1.86 bits per heavy atom. The van der Waals surface area contributed by atoms with E-state index in [2.05, 4.69) is 26.2 Å². The minimum Gasteiger partial charge on any atom is -0.496 e. The van der Waals surface area contributed by atoms with E-state index in [0.717, 1.165) is 15.6 Å². The van der Waals surface area contributed by atoms with Crippen LogP contribution in [-0.2, 0) is 4.79 Å². The van der Waals surface area contributed by atoms with E-state index in [4.69, 9.17) is 4.74 Å². The van der Waals surface area contributed by atoms with Gasteiger partial charge in [0.1, 0.15) is 17.3 Å². The number of carbonyl (C=O) groups is 1. The fraction of sp³-hybridized carbons (Fsp3) is 0.0588. The van der Waals surface area contributed by atoms with Gasteiger partial charge in [-0.2, -0.15) is 0 Å². The van der Waals surface area contributed by atoms with Crippen LogP contribution in [0.1, 0.15) is 11.1 Å². The average Bonchev–Trinajstić information content (AvgIpc) is 2.90. The largest absolute Gasteiger partial charge is 0.496 e. The molecule has 0 aromatic heterocycles. The minimum absolute atomic E-state index is 0.225. The van der Waals surface area contributed by atoms with E-state index < -0.39 is 0 Å². The van der Waals surface area contributed by atoms with Gasteiger partial charge in [0.05, 0.1) is 12.7 Å². The number of aliphatic imine (C=N–C) groups is 1. The van der Waals surface area contributed by atoms with Crippen molar-refractivity contribution in [2.45, 2.75) is 0 Å². The molecule has 2 aromatic rings. The number of hydrogen-bond acceptors (Lipinski definition) is 3. The molecule has 0 unspecified atom stereocenters. The minimum atomic E-state index is -0.225. The Morgan fingerprint density at radius 1 is 1.14 bits per heavy atom. The second-order valence-corrected chi connectivity index (χ2v) is 5.52. The fourth-order valence-corrected chi connectivity index (χ4v) is 2.58. The van der Waals surface area contributed by atoms with Gasteiger partial charge in [-0.1, -0.05) is 46.3 Å². The highest BCUT2D eigenvalue weighted by Crippen LogP contribution is 2.24. The SMILES string of the molecule is COc1ccccc1C1=N/C(=C\c2ccccc2Br)C(=O)N1. The zero-order valence-electron chi connectivity index (χ0n) is 11.8. The lowest BCUT2D eigenvalue weighted by Crippen LogP contribution is -2.25. The first kappa shape index (κ1) is 14.5. The zero-order valence-corrected chi connectivity index (χ0v) is 13.4. The number of hydrogen-bond donors (Lipinski definition) is 1. The molecule has 1 aliphatic rings. The fourth-order valence-electron chi connectivity index (χ4n) is 2.18. The first-order valence-corrected chi connectivity index (χ1v) is 7.48. The van der Waals surface area contributed by atoms with Crippen LogP contribution >= 0.6 is 15.9 Å². The third kappa shape index (κ3) is 2.80. The number of methoxy groups -OCH3 is 1. The second-order valence-electron chi connectivity index (χ2n) is 4.67. The van der Waals surface area contributed by atoms with E-state index in [1.807, 2.05) is 48.5 Å². The highest BCUT2D eigenvalue weighted by Gasteiger charge is 2.23. The lowest BCUT2D eigenvalue weighted by Gasteiger charge is -2.06. The summed E-state index contributed by atoms with van der Waals surface area (Å²) in [6, 6.07) is 15.1. The van der Waals surface area contributed by atoms with Crippen molar-refractivity contribution in [2.24, 2.45) is 4.99 Å². The van der Waals surface area contributed by atoms with Gasteiger partial charge in [-0.3, -0.25) is 4.79 Å². The zero-order chi connectivity index (χ0) is 15.5. The molecule has 3 rings (SSSR count). The number of benzene rings is 2. The third-order valence-corrected chi connectivity index (χ3v) is 3.98. The maximum absolute atomic E-state index is 12.1. The van der Waals surface area contributed by atoms with Crippen molar-refractivity contribution in [1.29, 1.82) is 0 Å². The highest BCUT2D eigenvalue weighted by molar-refractivity contribution is 9.10. The molecule has 0 bridgehead atoms. The van der Waals surface area contributed by atoms with Crippen molar-refractivity contribution < 1.29 is 9.53 Å². The Balaban J connectivity index is 2.00. The maximum Gasteiger partial charge on any atom is 0.275 e. The van der Waals surface area contributed by atoms with Gasteiger partial charge < -0.3 is 10.1 Å². The van der Waals surface area contributed by atoms with Gasteiger partial charge in [0.25, 0.3) is 5.91 Å². The Hall–Kier alpha value is -2.40. The Labute approximate surface area is 136 Å². The number of ether oxygens (including phenoxy) is 1. The number of rotatable bonds is 3. The molecular weight excluding hydrogens is 344 g/mol. The summed E-state index contributed by atoms with van der Waals surface area (Å²) in [5, 5.41) is 2.78. The molecule has 22 heavy (non-hydrogen) atoms. The molecule has 1 heterocycles. The molecule has 1 aliphatic heterocycles. The van der Waals surface area contributed by atoms with E-state index in [0.29, 0.717) is 17.3 Å². The van der Waals surface area contributed by atoms with E-state index in [1.54, 1.807) is 13.2 Å². The molecule has 2 aromatic carbocycles. The molecular formula is C17H13BrN2O2.